The first-order chi connectivity index (χ1) is 8.45. The highest BCUT2D eigenvalue weighted by molar-refractivity contribution is 5.04. The van der Waals surface area contributed by atoms with Crippen molar-refractivity contribution in [3.63, 3.8) is 0 Å². The predicted octanol–water partition coefficient (Wildman–Crippen LogP) is 2.56. The zero-order valence-electron chi connectivity index (χ0n) is 11.6. The fourth-order valence-corrected chi connectivity index (χ4v) is 1.33. The Kier molecular flexibility index (Phi) is 8.35. The molecule has 0 atom stereocenters. The Morgan fingerprint density at radius 2 is 1.94 bits per heavy atom. The Morgan fingerprint density at radius 3 is 2.44 bits per heavy atom. The third kappa shape index (κ3) is 9.45. The number of rotatable bonds is 8. The summed E-state index contributed by atoms with van der Waals surface area (Å²) in [4.78, 5) is 9.82. The smallest absolute Gasteiger partial charge is 0.274 e. The van der Waals surface area contributed by atoms with Crippen molar-refractivity contribution in [1.29, 1.82) is 0 Å². The van der Waals surface area contributed by atoms with Gasteiger partial charge in [0.1, 0.15) is 0 Å². The molecule has 0 aromatic carbocycles. The van der Waals surface area contributed by atoms with Crippen molar-refractivity contribution >= 4 is 0 Å². The van der Waals surface area contributed by atoms with Crippen molar-refractivity contribution in [3.8, 4) is 0 Å². The van der Waals surface area contributed by atoms with Gasteiger partial charge in [-0.3, -0.25) is 10.1 Å². The van der Waals surface area contributed by atoms with Crippen molar-refractivity contribution < 1.29 is 4.92 Å². The summed E-state index contributed by atoms with van der Waals surface area (Å²) in [7, 11) is 1.65. The van der Waals surface area contributed by atoms with E-state index in [0.29, 0.717) is 12.4 Å². The molecule has 0 unspecified atom stereocenters. The SMILES string of the molecule is CNC(=C[N+](=O)[O-])NC/C=C(\C)CCC=C(C)C. The van der Waals surface area contributed by atoms with Gasteiger partial charge in [0.15, 0.2) is 5.82 Å². The van der Waals surface area contributed by atoms with E-state index in [1.54, 1.807) is 7.05 Å². The monoisotopic (exact) mass is 253 g/mol. The Bertz CT molecular complexity index is 353. The first kappa shape index (κ1) is 16.2. The van der Waals surface area contributed by atoms with Crippen LogP contribution in [0.3, 0.4) is 0 Å². The lowest BCUT2D eigenvalue weighted by molar-refractivity contribution is -0.404. The molecular formula is C13H23N3O2. The molecule has 0 aliphatic rings. The first-order valence-corrected chi connectivity index (χ1v) is 6.01. The normalized spacial score (nSPS) is 12.0. The zero-order valence-corrected chi connectivity index (χ0v) is 11.6. The van der Waals surface area contributed by atoms with Crippen LogP contribution < -0.4 is 10.6 Å². The van der Waals surface area contributed by atoms with Gasteiger partial charge in [0.2, 0.25) is 0 Å². The average molecular weight is 253 g/mol. The van der Waals surface area contributed by atoms with Crippen LogP contribution in [0.4, 0.5) is 0 Å². The van der Waals surface area contributed by atoms with Crippen LogP contribution in [0.25, 0.3) is 0 Å². The van der Waals surface area contributed by atoms with Gasteiger partial charge in [0.25, 0.3) is 6.20 Å². The van der Waals surface area contributed by atoms with Gasteiger partial charge in [-0.2, -0.15) is 0 Å². The van der Waals surface area contributed by atoms with Crippen LogP contribution in [0.1, 0.15) is 33.6 Å². The molecule has 0 aliphatic heterocycles. The number of hydrogen-bond donors (Lipinski definition) is 2. The molecule has 18 heavy (non-hydrogen) atoms. The van der Waals surface area contributed by atoms with E-state index in [2.05, 4.69) is 37.5 Å². The third-order valence-corrected chi connectivity index (χ3v) is 2.34. The minimum absolute atomic E-state index is 0.411. The summed E-state index contributed by atoms with van der Waals surface area (Å²) >= 11 is 0. The van der Waals surface area contributed by atoms with Gasteiger partial charge >= 0.3 is 0 Å². The van der Waals surface area contributed by atoms with Gasteiger partial charge in [0, 0.05) is 13.6 Å². The van der Waals surface area contributed by atoms with Crippen molar-refractivity contribution in [1.82, 2.24) is 10.6 Å². The highest BCUT2D eigenvalue weighted by Crippen LogP contribution is 2.05. The molecule has 0 spiro atoms. The minimum atomic E-state index is -0.482. The van der Waals surface area contributed by atoms with Crippen LogP contribution in [0, 0.1) is 10.1 Å². The van der Waals surface area contributed by atoms with Crippen LogP contribution in [-0.4, -0.2) is 18.5 Å². The van der Waals surface area contributed by atoms with Gasteiger partial charge in [-0.15, -0.1) is 0 Å². The van der Waals surface area contributed by atoms with Crippen LogP contribution in [0.2, 0.25) is 0 Å². The lowest BCUT2D eigenvalue weighted by Crippen LogP contribution is -2.24. The Balaban J connectivity index is 4.06. The van der Waals surface area contributed by atoms with E-state index in [9.17, 15) is 10.1 Å². The third-order valence-electron chi connectivity index (χ3n) is 2.34. The largest absolute Gasteiger partial charge is 0.370 e. The highest BCUT2D eigenvalue weighted by Gasteiger charge is 1.97. The minimum Gasteiger partial charge on any atom is -0.370 e. The van der Waals surface area contributed by atoms with Crippen LogP contribution >= 0.6 is 0 Å². The second-order valence-electron chi connectivity index (χ2n) is 4.33. The van der Waals surface area contributed by atoms with Crippen molar-refractivity contribution in [2.24, 2.45) is 0 Å². The van der Waals surface area contributed by atoms with E-state index >= 15 is 0 Å². The molecule has 102 valence electrons. The summed E-state index contributed by atoms with van der Waals surface area (Å²) in [6.07, 6.45) is 7.22. The van der Waals surface area contributed by atoms with E-state index in [-0.39, 0.29) is 0 Å². The highest BCUT2D eigenvalue weighted by atomic mass is 16.6. The summed E-state index contributed by atoms with van der Waals surface area (Å²) in [6, 6.07) is 0. The molecule has 0 rings (SSSR count). The zero-order chi connectivity index (χ0) is 14.0. The van der Waals surface area contributed by atoms with E-state index in [0.717, 1.165) is 19.0 Å². The molecular weight excluding hydrogens is 230 g/mol. The summed E-state index contributed by atoms with van der Waals surface area (Å²) in [5.74, 6) is 0.411. The van der Waals surface area contributed by atoms with Gasteiger partial charge in [0.05, 0.1) is 4.92 Å². The molecule has 0 radical (unpaired) electrons. The molecule has 0 amide bonds. The van der Waals surface area contributed by atoms with Gasteiger partial charge in [-0.1, -0.05) is 23.3 Å². The quantitative estimate of drug-likeness (QED) is 0.396. The molecule has 0 aliphatic carbocycles. The fraction of sp³-hybridized carbons (Fsp3) is 0.538. The van der Waals surface area contributed by atoms with Crippen molar-refractivity contribution in [3.05, 3.63) is 45.4 Å². The summed E-state index contributed by atoms with van der Waals surface area (Å²) in [6.45, 7) is 6.82. The first-order valence-electron chi connectivity index (χ1n) is 6.01. The number of nitrogens with one attached hydrogen (secondary N) is 2. The average Bonchev–Trinajstić information content (AvgIpc) is 2.26. The van der Waals surface area contributed by atoms with Crippen LogP contribution in [0.5, 0.6) is 0 Å². The lowest BCUT2D eigenvalue weighted by Gasteiger charge is -2.06. The van der Waals surface area contributed by atoms with E-state index < -0.39 is 4.92 Å². The number of allylic oxidation sites excluding steroid dienone is 3. The summed E-state index contributed by atoms with van der Waals surface area (Å²) < 4.78 is 0. The number of nitrogens with zero attached hydrogens (tertiary/aromatic N) is 1. The summed E-state index contributed by atoms with van der Waals surface area (Å²) in [5.41, 5.74) is 2.60. The van der Waals surface area contributed by atoms with Crippen molar-refractivity contribution in [2.75, 3.05) is 13.6 Å². The lowest BCUT2D eigenvalue weighted by atomic mass is 10.1. The van der Waals surface area contributed by atoms with E-state index in [1.807, 2.05) is 6.08 Å². The maximum atomic E-state index is 10.3. The Labute approximate surface area is 109 Å². The summed E-state index contributed by atoms with van der Waals surface area (Å²) in [5, 5.41) is 16.0. The number of nitro groups is 1. The number of hydrogen-bond acceptors (Lipinski definition) is 4. The van der Waals surface area contributed by atoms with Gasteiger partial charge in [-0.25, -0.2) is 0 Å². The Morgan fingerprint density at radius 1 is 1.28 bits per heavy atom. The second kappa shape index (κ2) is 9.27. The van der Waals surface area contributed by atoms with Crippen molar-refractivity contribution in [2.45, 2.75) is 33.6 Å². The molecule has 5 nitrogen and oxygen atoms in total. The van der Waals surface area contributed by atoms with E-state index in [4.69, 9.17) is 0 Å². The topological polar surface area (TPSA) is 67.2 Å². The predicted molar refractivity (Wildman–Crippen MR) is 74.6 cm³/mol. The molecule has 5 heteroatoms. The standard InChI is InChI=1S/C13H23N3O2/c1-11(2)6-5-7-12(3)8-9-15-13(14-4)10-16(17)18/h6,8,10,14-15H,5,7,9H2,1-4H3/b12-8+,13-10?. The maximum Gasteiger partial charge on any atom is 0.274 e. The molecule has 0 bridgehead atoms. The molecule has 0 aromatic heterocycles. The molecule has 0 saturated carbocycles. The van der Waals surface area contributed by atoms with Crippen LogP contribution in [-0.2, 0) is 0 Å². The maximum absolute atomic E-state index is 10.3. The Hall–Kier alpha value is -1.78. The fourth-order valence-electron chi connectivity index (χ4n) is 1.33. The van der Waals surface area contributed by atoms with Gasteiger partial charge < -0.3 is 10.6 Å². The molecule has 0 saturated heterocycles. The molecule has 0 heterocycles. The second-order valence-corrected chi connectivity index (χ2v) is 4.33. The molecule has 0 aromatic rings. The van der Waals surface area contributed by atoms with E-state index in [1.165, 1.54) is 11.1 Å². The van der Waals surface area contributed by atoms with Gasteiger partial charge in [-0.05, 0) is 33.6 Å². The molecule has 2 N–H and O–H groups in total. The van der Waals surface area contributed by atoms with Crippen LogP contribution in [0.15, 0.2) is 35.3 Å². The molecule has 0 fully saturated rings.